The van der Waals surface area contributed by atoms with Gasteiger partial charge in [-0.25, -0.2) is 4.79 Å². The van der Waals surface area contributed by atoms with Gasteiger partial charge in [0.2, 0.25) is 0 Å². The maximum atomic E-state index is 12.3. The first-order chi connectivity index (χ1) is 10.8. The maximum absolute atomic E-state index is 12.3. The van der Waals surface area contributed by atoms with Gasteiger partial charge >= 0.3 is 12.1 Å². The summed E-state index contributed by atoms with van der Waals surface area (Å²) in [6.07, 6.45) is -4.39. The van der Waals surface area contributed by atoms with Crippen molar-refractivity contribution < 1.29 is 27.9 Å². The van der Waals surface area contributed by atoms with E-state index in [1.54, 1.807) is 6.07 Å². The molecule has 0 unspecified atom stereocenters. The van der Waals surface area contributed by atoms with Crippen molar-refractivity contribution in [2.45, 2.75) is 6.18 Å². The number of anilines is 2. The molecular formula is C14H11F3N2O3S. The van der Waals surface area contributed by atoms with Crippen molar-refractivity contribution in [3.63, 3.8) is 0 Å². The van der Waals surface area contributed by atoms with Crippen LogP contribution in [-0.2, 0) is 0 Å². The molecule has 122 valence electrons. The third kappa shape index (κ3) is 4.71. The Morgan fingerprint density at radius 2 is 1.65 bits per heavy atom. The molecule has 0 aliphatic rings. The van der Waals surface area contributed by atoms with Crippen LogP contribution in [0.3, 0.4) is 0 Å². The van der Waals surface area contributed by atoms with Crippen LogP contribution in [-0.4, -0.2) is 29.7 Å². The van der Waals surface area contributed by atoms with Crippen LogP contribution in [0.5, 0.6) is 0 Å². The zero-order chi connectivity index (χ0) is 17.0. The molecule has 0 atom stereocenters. The Hall–Kier alpha value is -2.55. The number of amides is 1. The van der Waals surface area contributed by atoms with Gasteiger partial charge in [-0.3, -0.25) is 4.79 Å². The summed E-state index contributed by atoms with van der Waals surface area (Å²) in [7, 11) is 0. The van der Waals surface area contributed by atoms with E-state index in [2.05, 4.69) is 10.6 Å². The molecule has 0 radical (unpaired) electrons. The standard InChI is InChI=1S/C14H11F3N2O3S/c15-14(16,17)7-18-8-3-1-2-4-9(8)19-12(20)10-5-6-11(23-10)13(21)22/h1-6,18H,7H2,(H,19,20)(H,21,22). The smallest absolute Gasteiger partial charge is 0.405 e. The predicted molar refractivity (Wildman–Crippen MR) is 80.2 cm³/mol. The minimum atomic E-state index is -4.39. The summed E-state index contributed by atoms with van der Waals surface area (Å²) in [6, 6.07) is 8.57. The molecular weight excluding hydrogens is 333 g/mol. The van der Waals surface area contributed by atoms with Gasteiger partial charge in [0, 0.05) is 0 Å². The van der Waals surface area contributed by atoms with Crippen LogP contribution in [0, 0.1) is 0 Å². The van der Waals surface area contributed by atoms with Gasteiger partial charge in [0.25, 0.3) is 5.91 Å². The summed E-state index contributed by atoms with van der Waals surface area (Å²) in [6.45, 7) is -1.23. The van der Waals surface area contributed by atoms with E-state index in [4.69, 9.17) is 5.11 Å². The van der Waals surface area contributed by atoms with Gasteiger partial charge in [-0.1, -0.05) is 12.1 Å². The minimum Gasteiger partial charge on any atom is -0.477 e. The van der Waals surface area contributed by atoms with Crippen molar-refractivity contribution in [3.8, 4) is 0 Å². The van der Waals surface area contributed by atoms with Crippen molar-refractivity contribution in [2.24, 2.45) is 0 Å². The third-order valence-corrected chi connectivity index (χ3v) is 3.77. The van der Waals surface area contributed by atoms with Gasteiger partial charge in [-0.05, 0) is 24.3 Å². The molecule has 0 fully saturated rings. The molecule has 1 amide bonds. The van der Waals surface area contributed by atoms with E-state index in [9.17, 15) is 22.8 Å². The largest absolute Gasteiger partial charge is 0.477 e. The van der Waals surface area contributed by atoms with E-state index in [0.29, 0.717) is 0 Å². The second-order valence-corrected chi connectivity index (χ2v) is 5.52. The van der Waals surface area contributed by atoms with Crippen LogP contribution in [0.25, 0.3) is 0 Å². The summed E-state index contributed by atoms with van der Waals surface area (Å²) in [5.41, 5.74) is 0.292. The van der Waals surface area contributed by atoms with E-state index in [-0.39, 0.29) is 21.1 Å². The molecule has 2 rings (SSSR count). The van der Waals surface area contributed by atoms with Gasteiger partial charge < -0.3 is 15.7 Å². The number of alkyl halides is 3. The molecule has 1 aromatic heterocycles. The SMILES string of the molecule is O=C(O)c1ccc(C(=O)Nc2ccccc2NCC(F)(F)F)s1. The number of aromatic carboxylic acids is 1. The van der Waals surface area contributed by atoms with E-state index >= 15 is 0 Å². The Morgan fingerprint density at radius 3 is 2.22 bits per heavy atom. The van der Waals surface area contributed by atoms with Gasteiger partial charge in [-0.2, -0.15) is 13.2 Å². The molecule has 0 saturated heterocycles. The number of benzene rings is 1. The third-order valence-electron chi connectivity index (χ3n) is 2.70. The number of halogens is 3. The molecule has 3 N–H and O–H groups in total. The molecule has 0 bridgehead atoms. The lowest BCUT2D eigenvalue weighted by atomic mass is 10.2. The Labute approximate surface area is 132 Å². The van der Waals surface area contributed by atoms with Crippen LogP contribution in [0.2, 0.25) is 0 Å². The highest BCUT2D eigenvalue weighted by atomic mass is 32.1. The highest BCUT2D eigenvalue weighted by Gasteiger charge is 2.27. The fourth-order valence-electron chi connectivity index (χ4n) is 1.70. The lowest BCUT2D eigenvalue weighted by Gasteiger charge is -2.14. The van der Waals surface area contributed by atoms with E-state index in [1.807, 2.05) is 0 Å². The molecule has 0 saturated carbocycles. The second kappa shape index (κ2) is 6.69. The van der Waals surface area contributed by atoms with Crippen molar-refractivity contribution in [3.05, 3.63) is 46.2 Å². The molecule has 1 heterocycles. The average Bonchev–Trinajstić information content (AvgIpc) is 2.95. The highest BCUT2D eigenvalue weighted by molar-refractivity contribution is 7.15. The lowest BCUT2D eigenvalue weighted by molar-refractivity contribution is -0.115. The maximum Gasteiger partial charge on any atom is 0.405 e. The Bertz CT molecular complexity index is 728. The first-order valence-electron chi connectivity index (χ1n) is 6.30. The minimum absolute atomic E-state index is 0.00127. The molecule has 0 aliphatic carbocycles. The zero-order valence-corrected chi connectivity index (χ0v) is 12.3. The summed E-state index contributed by atoms with van der Waals surface area (Å²) in [4.78, 5) is 23.0. The Kier molecular flexibility index (Phi) is 4.89. The van der Waals surface area contributed by atoms with Gasteiger partial charge in [-0.15, -0.1) is 11.3 Å². The number of rotatable bonds is 5. The fourth-order valence-corrected chi connectivity index (χ4v) is 2.44. The predicted octanol–water partition coefficient (Wildman–Crippen LogP) is 3.67. The van der Waals surface area contributed by atoms with E-state index < -0.39 is 24.6 Å². The van der Waals surface area contributed by atoms with Crippen LogP contribution in [0.15, 0.2) is 36.4 Å². The monoisotopic (exact) mass is 344 g/mol. The number of carboxylic acids is 1. The molecule has 0 aliphatic heterocycles. The van der Waals surface area contributed by atoms with Gasteiger partial charge in [0.15, 0.2) is 0 Å². The lowest BCUT2D eigenvalue weighted by Crippen LogP contribution is -2.22. The summed E-state index contributed by atoms with van der Waals surface area (Å²) in [5, 5.41) is 13.5. The summed E-state index contributed by atoms with van der Waals surface area (Å²) >= 11 is 0.780. The number of hydrogen-bond donors (Lipinski definition) is 3. The quantitative estimate of drug-likeness (QED) is 0.773. The first-order valence-corrected chi connectivity index (χ1v) is 7.12. The normalized spacial score (nSPS) is 11.1. The summed E-state index contributed by atoms with van der Waals surface area (Å²) in [5.74, 6) is -1.75. The van der Waals surface area contributed by atoms with Gasteiger partial charge in [0.1, 0.15) is 11.4 Å². The van der Waals surface area contributed by atoms with Crippen LogP contribution in [0.1, 0.15) is 19.3 Å². The van der Waals surface area contributed by atoms with Crippen LogP contribution >= 0.6 is 11.3 Å². The number of thiophene rings is 1. The molecule has 23 heavy (non-hydrogen) atoms. The Morgan fingerprint density at radius 1 is 1.04 bits per heavy atom. The number of carboxylic acid groups (broad SMARTS) is 1. The number of carbonyl (C=O) groups is 2. The van der Waals surface area contributed by atoms with E-state index in [1.165, 1.54) is 30.3 Å². The molecule has 0 spiro atoms. The first kappa shape index (κ1) is 16.8. The number of hydrogen-bond acceptors (Lipinski definition) is 4. The van der Waals surface area contributed by atoms with Gasteiger partial charge in [0.05, 0.1) is 16.3 Å². The number of nitrogens with one attached hydrogen (secondary N) is 2. The molecule has 9 heteroatoms. The second-order valence-electron chi connectivity index (χ2n) is 4.44. The topological polar surface area (TPSA) is 78.4 Å². The van der Waals surface area contributed by atoms with Crippen LogP contribution in [0.4, 0.5) is 24.5 Å². The van der Waals surface area contributed by atoms with Crippen molar-refractivity contribution in [2.75, 3.05) is 17.2 Å². The number of para-hydroxylation sites is 2. The van der Waals surface area contributed by atoms with Crippen LogP contribution < -0.4 is 10.6 Å². The summed E-state index contributed by atoms with van der Waals surface area (Å²) < 4.78 is 36.8. The average molecular weight is 344 g/mol. The Balaban J connectivity index is 2.12. The highest BCUT2D eigenvalue weighted by Crippen LogP contribution is 2.25. The van der Waals surface area contributed by atoms with E-state index in [0.717, 1.165) is 11.3 Å². The number of carbonyl (C=O) groups excluding carboxylic acids is 1. The van der Waals surface area contributed by atoms with Crippen molar-refractivity contribution >= 4 is 34.6 Å². The zero-order valence-electron chi connectivity index (χ0n) is 11.5. The fraction of sp³-hybridized carbons (Fsp3) is 0.143. The molecule has 2 aromatic rings. The molecule has 5 nitrogen and oxygen atoms in total. The van der Waals surface area contributed by atoms with Crippen molar-refractivity contribution in [1.29, 1.82) is 0 Å². The molecule has 1 aromatic carbocycles. The van der Waals surface area contributed by atoms with Crippen molar-refractivity contribution in [1.82, 2.24) is 0 Å².